The number of hydrogen-bond donors (Lipinski definition) is 1. The largest absolute Gasteiger partial charge is 0.503 e. The summed E-state index contributed by atoms with van der Waals surface area (Å²) in [6.45, 7) is 9.06. The van der Waals surface area contributed by atoms with E-state index in [1.807, 2.05) is 20.8 Å². The number of ether oxygens (including phenoxy) is 2. The third-order valence-corrected chi connectivity index (χ3v) is 5.65. The molecular weight excluding hydrogens is 412 g/mol. The Hall–Kier alpha value is -3.26. The Morgan fingerprint density at radius 1 is 1.19 bits per heavy atom. The molecule has 0 aliphatic carbocycles. The smallest absolute Gasteiger partial charge is 0.290 e. The molecule has 0 spiro atoms. The average molecular weight is 443 g/mol. The molecular formula is C24H30N2O6. The molecule has 8 heteroatoms. The van der Waals surface area contributed by atoms with Crippen LogP contribution in [-0.4, -0.2) is 66.5 Å². The van der Waals surface area contributed by atoms with Crippen LogP contribution in [0.5, 0.6) is 11.5 Å². The van der Waals surface area contributed by atoms with Crippen LogP contribution < -0.4 is 9.47 Å². The van der Waals surface area contributed by atoms with Gasteiger partial charge in [0.25, 0.3) is 5.91 Å². The second-order valence-corrected chi connectivity index (χ2v) is 7.34. The van der Waals surface area contributed by atoms with Crippen LogP contribution in [0.15, 0.2) is 52.3 Å². The van der Waals surface area contributed by atoms with Crippen LogP contribution >= 0.6 is 0 Å². The van der Waals surface area contributed by atoms with Gasteiger partial charge in [0.2, 0.25) is 5.78 Å². The lowest BCUT2D eigenvalue weighted by Gasteiger charge is -2.29. The van der Waals surface area contributed by atoms with E-state index < -0.39 is 23.5 Å². The number of nitrogens with zero attached hydrogens (tertiary/aromatic N) is 2. The zero-order chi connectivity index (χ0) is 23.3. The molecule has 1 atom stereocenters. The van der Waals surface area contributed by atoms with Crippen LogP contribution in [0, 0.1) is 0 Å². The predicted octanol–water partition coefficient (Wildman–Crippen LogP) is 3.61. The fraction of sp³-hybridized carbons (Fsp3) is 0.417. The lowest BCUT2D eigenvalue weighted by Crippen LogP contribution is -2.38. The Kier molecular flexibility index (Phi) is 7.58. The molecule has 2 aromatic rings. The summed E-state index contributed by atoms with van der Waals surface area (Å²) in [5, 5.41) is 10.7. The number of carbonyl (C=O) groups is 2. The van der Waals surface area contributed by atoms with E-state index in [1.54, 1.807) is 24.3 Å². The fourth-order valence-electron chi connectivity index (χ4n) is 3.92. The summed E-state index contributed by atoms with van der Waals surface area (Å²) in [4.78, 5) is 30.0. The van der Waals surface area contributed by atoms with Gasteiger partial charge in [-0.15, -0.1) is 0 Å². The number of methoxy groups -OCH3 is 1. The summed E-state index contributed by atoms with van der Waals surface area (Å²) in [7, 11) is 1.53. The first-order valence-corrected chi connectivity index (χ1v) is 10.8. The minimum atomic E-state index is -0.778. The van der Waals surface area contributed by atoms with E-state index in [4.69, 9.17) is 13.9 Å². The molecule has 0 radical (unpaired) electrons. The summed E-state index contributed by atoms with van der Waals surface area (Å²) in [5.41, 5.74) is 0.632. The number of aliphatic hydroxyl groups is 1. The number of Topliss-reactive ketones (excluding diaryl/α,β-unsaturated/α-hetero) is 1. The van der Waals surface area contributed by atoms with Crippen LogP contribution in [0.25, 0.3) is 0 Å². The number of hydrogen-bond acceptors (Lipinski definition) is 7. The van der Waals surface area contributed by atoms with Crippen molar-refractivity contribution in [2.24, 2.45) is 0 Å². The van der Waals surface area contributed by atoms with Gasteiger partial charge in [-0.1, -0.05) is 19.9 Å². The normalized spacial score (nSPS) is 16.2. The molecule has 3 rings (SSSR count). The molecule has 0 bridgehead atoms. The van der Waals surface area contributed by atoms with Crippen molar-refractivity contribution in [1.82, 2.24) is 9.80 Å². The van der Waals surface area contributed by atoms with E-state index in [0.717, 1.165) is 13.1 Å². The van der Waals surface area contributed by atoms with Crippen LogP contribution in [-0.2, 0) is 4.79 Å². The predicted molar refractivity (Wildman–Crippen MR) is 119 cm³/mol. The zero-order valence-corrected chi connectivity index (χ0v) is 19.0. The highest BCUT2D eigenvalue weighted by atomic mass is 16.5. The molecule has 32 heavy (non-hydrogen) atoms. The van der Waals surface area contributed by atoms with E-state index in [-0.39, 0.29) is 11.3 Å². The van der Waals surface area contributed by atoms with Gasteiger partial charge < -0.3 is 28.8 Å². The second-order valence-electron chi connectivity index (χ2n) is 7.34. The summed E-state index contributed by atoms with van der Waals surface area (Å²) in [5.74, 6) is -0.549. The standard InChI is InChI=1S/C24H30N2O6/c1-5-25(6-2)12-13-26-21(16-10-11-17(31-7-3)19(15-16)30-4)20(23(28)24(26)29)22(27)18-9-8-14-32-18/h8-11,14-15,21,28H,5-7,12-13H2,1-4H3/t21-/m1/s1. The van der Waals surface area contributed by atoms with Crippen molar-refractivity contribution in [3.63, 3.8) is 0 Å². The highest BCUT2D eigenvalue weighted by Gasteiger charge is 2.44. The first-order valence-electron chi connectivity index (χ1n) is 10.8. The topological polar surface area (TPSA) is 92.5 Å². The van der Waals surface area contributed by atoms with Crippen molar-refractivity contribution < 1.29 is 28.6 Å². The highest BCUT2D eigenvalue weighted by molar-refractivity contribution is 6.15. The summed E-state index contributed by atoms with van der Waals surface area (Å²) in [6.07, 6.45) is 1.38. The Balaban J connectivity index is 2.05. The van der Waals surface area contributed by atoms with Crippen LogP contribution in [0.3, 0.4) is 0 Å². The number of likely N-dealkylation sites (N-methyl/N-ethyl adjacent to an activating group) is 1. The van der Waals surface area contributed by atoms with Crippen molar-refractivity contribution in [3.05, 3.63) is 59.3 Å². The van der Waals surface area contributed by atoms with E-state index in [0.29, 0.717) is 36.8 Å². The number of aliphatic hydroxyl groups excluding tert-OH is 1. The van der Waals surface area contributed by atoms with Gasteiger partial charge in [0, 0.05) is 13.1 Å². The lowest BCUT2D eigenvalue weighted by molar-refractivity contribution is -0.129. The molecule has 2 heterocycles. The molecule has 1 amide bonds. The Morgan fingerprint density at radius 2 is 1.94 bits per heavy atom. The Morgan fingerprint density at radius 3 is 2.53 bits per heavy atom. The first kappa shape index (κ1) is 23.4. The molecule has 1 aliphatic rings. The van der Waals surface area contributed by atoms with Gasteiger partial charge in [0.05, 0.1) is 31.6 Å². The Labute approximate surface area is 188 Å². The van der Waals surface area contributed by atoms with Crippen LogP contribution in [0.4, 0.5) is 0 Å². The highest BCUT2D eigenvalue weighted by Crippen LogP contribution is 2.41. The summed E-state index contributed by atoms with van der Waals surface area (Å²) >= 11 is 0. The van der Waals surface area contributed by atoms with Gasteiger partial charge in [-0.2, -0.15) is 0 Å². The van der Waals surface area contributed by atoms with Gasteiger partial charge in [-0.3, -0.25) is 9.59 Å². The van der Waals surface area contributed by atoms with Crippen molar-refractivity contribution >= 4 is 11.7 Å². The molecule has 0 saturated carbocycles. The average Bonchev–Trinajstić information content (AvgIpc) is 3.43. The van der Waals surface area contributed by atoms with Crippen molar-refractivity contribution in [2.75, 3.05) is 39.9 Å². The number of amides is 1. The molecule has 8 nitrogen and oxygen atoms in total. The number of furan rings is 1. The molecule has 172 valence electrons. The molecule has 1 aromatic carbocycles. The SMILES string of the molecule is CCOc1ccc([C@@H]2C(C(=O)c3ccco3)=C(O)C(=O)N2CCN(CC)CC)cc1OC. The maximum Gasteiger partial charge on any atom is 0.290 e. The molecule has 0 unspecified atom stereocenters. The van der Waals surface area contributed by atoms with Crippen LogP contribution in [0.1, 0.15) is 42.9 Å². The summed E-state index contributed by atoms with van der Waals surface area (Å²) in [6, 6.07) is 7.59. The third-order valence-electron chi connectivity index (χ3n) is 5.65. The minimum absolute atomic E-state index is 0.00397. The van der Waals surface area contributed by atoms with Gasteiger partial charge in [-0.05, 0) is 49.8 Å². The molecule has 0 fully saturated rings. The van der Waals surface area contributed by atoms with E-state index in [2.05, 4.69) is 4.90 Å². The minimum Gasteiger partial charge on any atom is -0.503 e. The molecule has 1 aromatic heterocycles. The second kappa shape index (κ2) is 10.4. The number of benzene rings is 1. The van der Waals surface area contributed by atoms with Gasteiger partial charge in [0.15, 0.2) is 23.0 Å². The monoisotopic (exact) mass is 442 g/mol. The number of ketones is 1. The maximum atomic E-state index is 13.2. The van der Waals surface area contributed by atoms with Gasteiger partial charge in [0.1, 0.15) is 0 Å². The summed E-state index contributed by atoms with van der Waals surface area (Å²) < 4.78 is 16.3. The zero-order valence-electron chi connectivity index (χ0n) is 19.0. The van der Waals surface area contributed by atoms with Gasteiger partial charge in [-0.25, -0.2) is 0 Å². The molecule has 1 aliphatic heterocycles. The Bertz CT molecular complexity index is 978. The molecule has 0 saturated heterocycles. The van der Waals surface area contributed by atoms with Gasteiger partial charge >= 0.3 is 0 Å². The van der Waals surface area contributed by atoms with E-state index >= 15 is 0 Å². The van der Waals surface area contributed by atoms with E-state index in [1.165, 1.54) is 24.3 Å². The number of rotatable bonds is 11. The number of carbonyl (C=O) groups excluding carboxylic acids is 2. The van der Waals surface area contributed by atoms with Crippen molar-refractivity contribution in [3.8, 4) is 11.5 Å². The lowest BCUT2D eigenvalue weighted by atomic mass is 9.94. The van der Waals surface area contributed by atoms with Crippen LogP contribution in [0.2, 0.25) is 0 Å². The van der Waals surface area contributed by atoms with Crippen molar-refractivity contribution in [1.29, 1.82) is 0 Å². The molecule has 1 N–H and O–H groups in total. The third kappa shape index (κ3) is 4.50. The maximum absolute atomic E-state index is 13.2. The fourth-order valence-corrected chi connectivity index (χ4v) is 3.92. The first-order chi connectivity index (χ1) is 15.5. The van der Waals surface area contributed by atoms with E-state index in [9.17, 15) is 14.7 Å². The van der Waals surface area contributed by atoms with Crippen molar-refractivity contribution in [2.45, 2.75) is 26.8 Å². The quantitative estimate of drug-likeness (QED) is 0.532.